The Morgan fingerprint density at radius 1 is 0.900 bits per heavy atom. The van der Waals surface area contributed by atoms with E-state index >= 15 is 0 Å². The van der Waals surface area contributed by atoms with Gasteiger partial charge < -0.3 is 10.2 Å². The number of hydrogen-bond acceptors (Lipinski definition) is 7. The van der Waals surface area contributed by atoms with Crippen LogP contribution in [-0.4, -0.2) is 42.4 Å². The van der Waals surface area contributed by atoms with Crippen molar-refractivity contribution < 1.29 is 13.2 Å². The maximum absolute atomic E-state index is 12.8. The molecule has 30 heavy (non-hydrogen) atoms. The molecule has 3 aromatic rings. The van der Waals surface area contributed by atoms with Crippen molar-refractivity contribution >= 4 is 33.4 Å². The van der Waals surface area contributed by atoms with E-state index in [4.69, 9.17) is 0 Å². The maximum Gasteiger partial charge on any atom is 0.264 e. The number of pyridine rings is 1. The summed E-state index contributed by atoms with van der Waals surface area (Å²) in [5.74, 6) is 0.357. The van der Waals surface area contributed by atoms with E-state index in [1.54, 1.807) is 24.4 Å². The van der Waals surface area contributed by atoms with Gasteiger partial charge in [-0.2, -0.15) is 0 Å². The molecule has 0 spiro atoms. The molecule has 1 saturated heterocycles. The van der Waals surface area contributed by atoms with Gasteiger partial charge in [0, 0.05) is 37.4 Å². The van der Waals surface area contributed by atoms with Gasteiger partial charge in [-0.15, -0.1) is 0 Å². The first kappa shape index (κ1) is 19.8. The van der Waals surface area contributed by atoms with Crippen LogP contribution in [0.5, 0.6) is 0 Å². The number of nitrogens with one attached hydrogen (secondary N) is 2. The number of rotatable bonds is 6. The van der Waals surface area contributed by atoms with Crippen LogP contribution in [0.1, 0.15) is 23.2 Å². The van der Waals surface area contributed by atoms with Gasteiger partial charge in [-0.3, -0.25) is 4.79 Å². The zero-order valence-electron chi connectivity index (χ0n) is 16.0. The zero-order chi connectivity index (χ0) is 21.0. The molecule has 154 valence electrons. The molecule has 1 aliphatic rings. The van der Waals surface area contributed by atoms with E-state index in [0.717, 1.165) is 25.9 Å². The van der Waals surface area contributed by atoms with E-state index in [1.807, 2.05) is 0 Å². The fraction of sp³-hybridized carbons (Fsp3) is 0.200. The number of hydrogen-bond donors (Lipinski definition) is 2. The van der Waals surface area contributed by atoms with E-state index in [9.17, 15) is 13.2 Å². The van der Waals surface area contributed by atoms with Crippen molar-refractivity contribution in [3.63, 3.8) is 0 Å². The standard InChI is InChI=1S/C20H20N6O3S/c27-19(17-5-3-10-21-18(17)26-13-1-2-14-26)24-15-6-8-16(9-7-15)30(28,29)25-20-22-11-4-12-23-20/h3-12H,1-2,13-14H2,(H,24,27)(H,22,23,25). The number of sulfonamides is 1. The van der Waals surface area contributed by atoms with Crippen molar-refractivity contribution in [3.8, 4) is 0 Å². The van der Waals surface area contributed by atoms with Crippen LogP contribution in [0.4, 0.5) is 17.5 Å². The van der Waals surface area contributed by atoms with Gasteiger partial charge in [-0.05, 0) is 55.3 Å². The minimum Gasteiger partial charge on any atom is -0.356 e. The highest BCUT2D eigenvalue weighted by Crippen LogP contribution is 2.23. The van der Waals surface area contributed by atoms with Gasteiger partial charge in [0.1, 0.15) is 5.82 Å². The number of carbonyl (C=O) groups excluding carboxylic acids is 1. The number of nitrogens with zero attached hydrogens (tertiary/aromatic N) is 4. The molecule has 0 unspecified atom stereocenters. The van der Waals surface area contributed by atoms with Gasteiger partial charge in [0.2, 0.25) is 5.95 Å². The summed E-state index contributed by atoms with van der Waals surface area (Å²) in [6.07, 6.45) is 6.72. The highest BCUT2D eigenvalue weighted by Gasteiger charge is 2.21. The molecular weight excluding hydrogens is 404 g/mol. The molecule has 10 heteroatoms. The van der Waals surface area contributed by atoms with E-state index in [2.05, 4.69) is 29.9 Å². The smallest absolute Gasteiger partial charge is 0.264 e. The largest absolute Gasteiger partial charge is 0.356 e. The number of amides is 1. The topological polar surface area (TPSA) is 117 Å². The van der Waals surface area contributed by atoms with Crippen LogP contribution in [0.15, 0.2) is 66.0 Å². The Balaban J connectivity index is 1.48. The molecule has 2 N–H and O–H groups in total. The highest BCUT2D eigenvalue weighted by atomic mass is 32.2. The lowest BCUT2D eigenvalue weighted by Crippen LogP contribution is -2.24. The van der Waals surface area contributed by atoms with Crippen LogP contribution in [0.25, 0.3) is 0 Å². The monoisotopic (exact) mass is 424 g/mol. The predicted molar refractivity (Wildman–Crippen MR) is 113 cm³/mol. The first-order valence-electron chi connectivity index (χ1n) is 9.44. The highest BCUT2D eigenvalue weighted by molar-refractivity contribution is 7.92. The summed E-state index contributed by atoms with van der Waals surface area (Å²) >= 11 is 0. The fourth-order valence-electron chi connectivity index (χ4n) is 3.20. The van der Waals surface area contributed by atoms with Crippen molar-refractivity contribution in [1.29, 1.82) is 0 Å². The second-order valence-electron chi connectivity index (χ2n) is 6.73. The van der Waals surface area contributed by atoms with E-state index < -0.39 is 10.0 Å². The Morgan fingerprint density at radius 3 is 2.27 bits per heavy atom. The molecule has 2 aromatic heterocycles. The number of anilines is 3. The number of benzene rings is 1. The van der Waals surface area contributed by atoms with Gasteiger partial charge in [-0.1, -0.05) is 0 Å². The molecule has 0 atom stereocenters. The molecule has 0 radical (unpaired) electrons. The molecule has 0 saturated carbocycles. The first-order chi connectivity index (χ1) is 14.5. The SMILES string of the molecule is O=C(Nc1ccc(S(=O)(=O)Nc2ncccn2)cc1)c1cccnc1N1CCCC1. The summed E-state index contributed by atoms with van der Waals surface area (Å²) in [7, 11) is -3.83. The molecule has 0 bridgehead atoms. The van der Waals surface area contributed by atoms with Crippen LogP contribution in [0.2, 0.25) is 0 Å². The average Bonchev–Trinajstić information content (AvgIpc) is 3.29. The Hall–Kier alpha value is -3.53. The van der Waals surface area contributed by atoms with E-state index in [-0.39, 0.29) is 16.8 Å². The summed E-state index contributed by atoms with van der Waals surface area (Å²) < 4.78 is 27.2. The molecule has 1 fully saturated rings. The normalized spacial score (nSPS) is 13.8. The predicted octanol–water partition coefficient (Wildman–Crippen LogP) is 2.52. The number of aromatic nitrogens is 3. The third-order valence-electron chi connectivity index (χ3n) is 4.65. The molecular formula is C20H20N6O3S. The third-order valence-corrected chi connectivity index (χ3v) is 5.99. The summed E-state index contributed by atoms with van der Waals surface area (Å²) in [5.41, 5.74) is 0.963. The van der Waals surface area contributed by atoms with Crippen molar-refractivity contribution in [2.75, 3.05) is 28.0 Å². The molecule has 1 aromatic carbocycles. The van der Waals surface area contributed by atoms with Gasteiger partial charge in [0.15, 0.2) is 0 Å². The Kier molecular flexibility index (Phi) is 5.57. The lowest BCUT2D eigenvalue weighted by molar-refractivity contribution is 0.102. The molecule has 1 amide bonds. The van der Waals surface area contributed by atoms with Gasteiger partial charge in [0.25, 0.3) is 15.9 Å². The maximum atomic E-state index is 12.8. The molecule has 1 aliphatic heterocycles. The third kappa shape index (κ3) is 4.38. The second-order valence-corrected chi connectivity index (χ2v) is 8.41. The van der Waals surface area contributed by atoms with Crippen LogP contribution in [-0.2, 0) is 10.0 Å². The van der Waals surface area contributed by atoms with Crippen LogP contribution in [0.3, 0.4) is 0 Å². The Morgan fingerprint density at radius 2 is 1.57 bits per heavy atom. The molecule has 0 aliphatic carbocycles. The minimum atomic E-state index is -3.83. The lowest BCUT2D eigenvalue weighted by atomic mass is 10.2. The zero-order valence-corrected chi connectivity index (χ0v) is 16.8. The van der Waals surface area contributed by atoms with E-state index in [1.165, 1.54) is 36.7 Å². The Bertz CT molecular complexity index is 1130. The van der Waals surface area contributed by atoms with Gasteiger partial charge in [-0.25, -0.2) is 28.1 Å². The quantitative estimate of drug-likeness (QED) is 0.624. The summed E-state index contributed by atoms with van der Waals surface area (Å²) in [4.78, 5) is 27.0. The van der Waals surface area contributed by atoms with Crippen LogP contribution >= 0.6 is 0 Å². The Labute approximate surface area is 174 Å². The number of carbonyl (C=O) groups is 1. The molecule has 9 nitrogen and oxygen atoms in total. The molecule has 3 heterocycles. The summed E-state index contributed by atoms with van der Waals surface area (Å²) in [6, 6.07) is 10.9. The average molecular weight is 424 g/mol. The van der Waals surface area contributed by atoms with Crippen molar-refractivity contribution in [2.45, 2.75) is 17.7 Å². The van der Waals surface area contributed by atoms with Crippen molar-refractivity contribution in [2.24, 2.45) is 0 Å². The fourth-order valence-corrected chi connectivity index (χ4v) is 4.16. The minimum absolute atomic E-state index is 0.0131. The summed E-state index contributed by atoms with van der Waals surface area (Å²) in [6.45, 7) is 1.75. The molecule has 4 rings (SSSR count). The van der Waals surface area contributed by atoms with Crippen molar-refractivity contribution in [1.82, 2.24) is 15.0 Å². The summed E-state index contributed by atoms with van der Waals surface area (Å²) in [5, 5.41) is 2.80. The van der Waals surface area contributed by atoms with Gasteiger partial charge in [0.05, 0.1) is 10.5 Å². The second kappa shape index (κ2) is 8.46. The van der Waals surface area contributed by atoms with Crippen molar-refractivity contribution in [3.05, 3.63) is 66.6 Å². The van der Waals surface area contributed by atoms with E-state index in [0.29, 0.717) is 17.1 Å². The first-order valence-corrected chi connectivity index (χ1v) is 10.9. The van der Waals surface area contributed by atoms with Crippen LogP contribution < -0.4 is 14.9 Å². The lowest BCUT2D eigenvalue weighted by Gasteiger charge is -2.19. The van der Waals surface area contributed by atoms with Gasteiger partial charge >= 0.3 is 0 Å². The van der Waals surface area contributed by atoms with Crippen LogP contribution in [0, 0.1) is 0 Å².